The number of Topliss-reactive ketones (excluding diaryl/α,β-unsaturated/α-hetero) is 1. The number of benzene rings is 6. The van der Waals surface area contributed by atoms with Crippen LogP contribution >= 0.6 is 98.4 Å². The SMILES string of the molecule is COC1=Cc2ccccc2N(C(N)=O)c2ccccc21.COC1=Cc2ccccc2Nc2ccccc21.I.II.I[I-]I.NC(=O)N1c2ccccc2CC(=O)c2ccccc21. The number of urea groups is 2. The normalized spacial score (nSPS) is 12.2. The van der Waals surface area contributed by atoms with Gasteiger partial charge in [-0.2, -0.15) is 0 Å². The molecule has 9 rings (SSSR count). The van der Waals surface area contributed by atoms with Crippen molar-refractivity contribution in [2.45, 2.75) is 6.42 Å². The minimum absolute atomic E-state index is 0. The summed E-state index contributed by atoms with van der Waals surface area (Å²) < 4.78 is 10.9. The molecule has 0 fully saturated rings. The molecule has 0 saturated heterocycles. The maximum absolute atomic E-state index is 12.3. The molecule has 0 unspecified atom stereocenters. The molecule has 0 atom stereocenters. The van der Waals surface area contributed by atoms with Gasteiger partial charge >= 0.3 is 62.5 Å². The van der Waals surface area contributed by atoms with Crippen molar-refractivity contribution >= 4 is 174 Å². The number of nitrogens with zero attached hydrogens (tertiary/aromatic N) is 2. The molecule has 62 heavy (non-hydrogen) atoms. The van der Waals surface area contributed by atoms with E-state index in [0.29, 0.717) is 36.0 Å². The summed E-state index contributed by atoms with van der Waals surface area (Å²) >= 11 is 9.54. The predicted octanol–water partition coefficient (Wildman–Crippen LogP) is 11.1. The molecule has 0 saturated carbocycles. The Kier molecular flexibility index (Phi) is 21.5. The Balaban J connectivity index is 0.000000193. The number of para-hydroxylation sites is 6. The third-order valence-electron chi connectivity index (χ3n) is 9.49. The number of rotatable bonds is 2. The zero-order valence-corrected chi connectivity index (χ0v) is 46.2. The molecule has 4 amide bonds. The molecule has 5 N–H and O–H groups in total. The van der Waals surface area contributed by atoms with E-state index in [1.54, 1.807) is 44.6 Å². The quantitative estimate of drug-likeness (QED) is 0.148. The number of halogens is 6. The third kappa shape index (κ3) is 12.5. The van der Waals surface area contributed by atoms with Crippen LogP contribution in [0, 0.1) is 0 Å². The molecule has 0 bridgehead atoms. The van der Waals surface area contributed by atoms with E-state index in [-0.39, 0.29) is 36.2 Å². The van der Waals surface area contributed by atoms with Gasteiger partial charge in [-0.3, -0.25) is 14.6 Å². The number of nitrogens with one attached hydrogen (secondary N) is 1. The van der Waals surface area contributed by atoms with Gasteiger partial charge in [0.2, 0.25) is 0 Å². The number of carbonyl (C=O) groups excluding carboxylic acids is 3. The summed E-state index contributed by atoms with van der Waals surface area (Å²) in [4.78, 5) is 38.9. The summed E-state index contributed by atoms with van der Waals surface area (Å²) in [5.74, 6) is 1.58. The first kappa shape index (κ1) is 51.4. The van der Waals surface area contributed by atoms with Crippen LogP contribution in [-0.4, -0.2) is 32.1 Å². The Morgan fingerprint density at radius 3 is 1.56 bits per heavy atom. The zero-order chi connectivity index (χ0) is 43.9. The van der Waals surface area contributed by atoms with Crippen molar-refractivity contribution in [3.8, 4) is 0 Å². The van der Waals surface area contributed by atoms with E-state index >= 15 is 0 Å². The van der Waals surface area contributed by atoms with E-state index in [4.69, 9.17) is 20.9 Å². The number of anilines is 6. The number of hydrogen-bond donors (Lipinski definition) is 3. The number of ether oxygens (including phenoxy) is 2. The van der Waals surface area contributed by atoms with Crippen LogP contribution in [0.5, 0.6) is 0 Å². The van der Waals surface area contributed by atoms with Crippen molar-refractivity contribution in [3.63, 3.8) is 0 Å². The Hall–Kier alpha value is -3.21. The van der Waals surface area contributed by atoms with Crippen LogP contribution in [0.25, 0.3) is 23.7 Å². The summed E-state index contributed by atoms with van der Waals surface area (Å²) in [6.45, 7) is 0. The molecule has 3 aliphatic rings. The van der Waals surface area contributed by atoms with E-state index in [9.17, 15) is 14.4 Å². The maximum Gasteiger partial charge on any atom is 0.323 e. The van der Waals surface area contributed by atoms with Crippen LogP contribution in [0.15, 0.2) is 146 Å². The monoisotopic (exact) mass is 1500 g/mol. The number of nitrogens with two attached hydrogens (primary N) is 2. The summed E-state index contributed by atoms with van der Waals surface area (Å²) in [7, 11) is 3.32. The number of fused-ring (bicyclic) bond motifs is 6. The minimum atomic E-state index is -0.588. The third-order valence-corrected chi connectivity index (χ3v) is 9.49. The molecule has 10 nitrogen and oxygen atoms in total. The van der Waals surface area contributed by atoms with Crippen LogP contribution < -0.4 is 39.8 Å². The second-order valence-electron chi connectivity index (χ2n) is 12.9. The largest absolute Gasteiger partial charge is 0.351 e. The Morgan fingerprint density at radius 2 is 0.968 bits per heavy atom. The van der Waals surface area contributed by atoms with Gasteiger partial charge in [-0.1, -0.05) is 91.0 Å². The van der Waals surface area contributed by atoms with Gasteiger partial charge in [0.25, 0.3) is 0 Å². The van der Waals surface area contributed by atoms with E-state index in [2.05, 4.69) is 110 Å². The number of ketones is 1. The van der Waals surface area contributed by atoms with Crippen molar-refractivity contribution in [2.75, 3.05) is 29.3 Å². The zero-order valence-electron chi connectivity index (χ0n) is 33.1. The van der Waals surface area contributed by atoms with Crippen molar-refractivity contribution < 1.29 is 37.1 Å². The molecule has 322 valence electrons. The van der Waals surface area contributed by atoms with Crippen LogP contribution in [0.3, 0.4) is 0 Å². The number of amides is 4. The van der Waals surface area contributed by atoms with Crippen molar-refractivity contribution in [3.05, 3.63) is 179 Å². The maximum atomic E-state index is 12.3. The van der Waals surface area contributed by atoms with Gasteiger partial charge in [-0.15, -0.1) is 24.0 Å². The second kappa shape index (κ2) is 25.9. The predicted molar refractivity (Wildman–Crippen MR) is 295 cm³/mol. The Bertz CT molecular complexity index is 2570. The summed E-state index contributed by atoms with van der Waals surface area (Å²) in [6, 6.07) is 44.7. The van der Waals surface area contributed by atoms with E-state index < -0.39 is 12.1 Å². The fraction of sp³-hybridized carbons (Fsp3) is 0.0652. The first-order chi connectivity index (χ1) is 29.7. The molecule has 0 aromatic heterocycles. The van der Waals surface area contributed by atoms with Crippen molar-refractivity contribution in [2.24, 2.45) is 11.5 Å². The first-order valence-corrected chi connectivity index (χ1v) is 37.1. The molecule has 0 spiro atoms. The van der Waals surface area contributed by atoms with Gasteiger partial charge in [-0.05, 0) is 72.3 Å². The number of carbonyl (C=O) groups is 3. The van der Waals surface area contributed by atoms with Gasteiger partial charge in [-0.25, -0.2) is 9.59 Å². The van der Waals surface area contributed by atoms with Crippen molar-refractivity contribution in [1.82, 2.24) is 0 Å². The van der Waals surface area contributed by atoms with Gasteiger partial charge in [0.05, 0.1) is 37.0 Å². The fourth-order valence-corrected chi connectivity index (χ4v) is 6.94. The van der Waals surface area contributed by atoms with Gasteiger partial charge in [0, 0.05) is 82.8 Å². The number of hydrogen-bond acceptors (Lipinski definition) is 6. The minimum Gasteiger partial charge on any atom is -0.351 e. The number of primary amides is 2. The molecule has 6 aromatic rings. The molecular formula is C46H40I6N5O5-. The van der Waals surface area contributed by atoms with Crippen LogP contribution in [0.1, 0.15) is 38.2 Å². The fourth-order valence-electron chi connectivity index (χ4n) is 6.94. The first-order valence-electron chi connectivity index (χ1n) is 18.3. The summed E-state index contributed by atoms with van der Waals surface area (Å²) in [5, 5.41) is 3.44. The molecular weight excluding hydrogens is 1460 g/mol. The van der Waals surface area contributed by atoms with Gasteiger partial charge in [0.15, 0.2) is 5.78 Å². The summed E-state index contributed by atoms with van der Waals surface area (Å²) in [5.41, 5.74) is 21.2. The van der Waals surface area contributed by atoms with Crippen molar-refractivity contribution in [1.29, 1.82) is 0 Å². The molecule has 3 aliphatic heterocycles. The summed E-state index contributed by atoms with van der Waals surface area (Å²) in [6.07, 6.45) is 4.25. The second-order valence-corrected chi connectivity index (χ2v) is 29.2. The van der Waals surface area contributed by atoms with E-state index in [1.807, 2.05) is 97.1 Å². The molecule has 0 aliphatic carbocycles. The van der Waals surface area contributed by atoms with E-state index in [0.717, 1.165) is 56.3 Å². The smallest absolute Gasteiger partial charge is 0.323 e. The molecule has 6 aromatic carbocycles. The standard InChI is InChI=1S/C16H14N2O2.C15H12N2O2.C15H13NO.I3.I2.HI/c1-20-15-10-11-6-2-4-8-13(11)18(16(17)19)14-9-5-3-7-12(14)15;16-15(19)17-12-7-3-1-5-10(12)9-14(18)11-6-2-4-8-13(11)17;1-17-15-10-11-6-2-4-8-13(11)16-14-9-5-3-7-12(14)15;1-3-2;1-2;/h2-10H,1H3,(H2,17,19);1-8H,9H2,(H2,16,19);2-10,16H,1H3;;;1H/q;;;-1;;. The topological polar surface area (TPSA) is 140 Å². The number of methoxy groups -OCH3 is 2. The molecule has 3 heterocycles. The Morgan fingerprint density at radius 1 is 0.565 bits per heavy atom. The molecule has 0 radical (unpaired) electrons. The average Bonchev–Trinajstić information content (AvgIpc) is 3.61. The average molecular weight is 1500 g/mol. The van der Waals surface area contributed by atoms with Gasteiger partial charge in [0.1, 0.15) is 11.5 Å². The Labute approximate surface area is 431 Å². The van der Waals surface area contributed by atoms with Crippen LogP contribution in [0.2, 0.25) is 0 Å². The molecule has 16 heteroatoms. The van der Waals surface area contributed by atoms with Gasteiger partial charge < -0.3 is 26.3 Å². The van der Waals surface area contributed by atoms with Crippen LogP contribution in [0.4, 0.5) is 43.7 Å². The van der Waals surface area contributed by atoms with Crippen LogP contribution in [-0.2, 0) is 15.9 Å². The van der Waals surface area contributed by atoms with E-state index in [1.165, 1.54) is 9.80 Å².